The molecule has 2 aliphatic rings. The number of benzene rings is 1. The maximum atomic E-state index is 12.1. The number of alkyl carbamates (subject to hydrolysis) is 1. The third-order valence-corrected chi connectivity index (χ3v) is 4.33. The predicted octanol–water partition coefficient (Wildman–Crippen LogP) is 1.37. The molecule has 0 unspecified atom stereocenters. The molecule has 8 nitrogen and oxygen atoms in total. The average Bonchev–Trinajstić information content (AvgIpc) is 3.24. The van der Waals surface area contributed by atoms with Gasteiger partial charge in [0.05, 0.1) is 18.8 Å². The first-order valence-electron chi connectivity index (χ1n) is 8.65. The summed E-state index contributed by atoms with van der Waals surface area (Å²) in [4.78, 5) is 23.5. The van der Waals surface area contributed by atoms with Gasteiger partial charge in [-0.05, 0) is 18.9 Å². The normalized spacial score (nSPS) is 27.0. The summed E-state index contributed by atoms with van der Waals surface area (Å²) in [5.74, 6) is -0.429. The second kappa shape index (κ2) is 8.98. The van der Waals surface area contributed by atoms with Crippen molar-refractivity contribution in [2.75, 3.05) is 20.0 Å². The molecule has 1 aliphatic heterocycles. The van der Waals surface area contributed by atoms with E-state index in [9.17, 15) is 9.59 Å². The van der Waals surface area contributed by atoms with Gasteiger partial charge >= 0.3 is 12.1 Å². The molecule has 1 saturated carbocycles. The first kappa shape index (κ1) is 18.6. The van der Waals surface area contributed by atoms with Crippen LogP contribution in [0.5, 0.6) is 0 Å². The van der Waals surface area contributed by atoms with Crippen LogP contribution in [0.3, 0.4) is 0 Å². The lowest BCUT2D eigenvalue weighted by Gasteiger charge is -2.17. The van der Waals surface area contributed by atoms with Crippen LogP contribution in [0.4, 0.5) is 4.79 Å². The largest absolute Gasteiger partial charge is 0.464 e. The highest BCUT2D eigenvalue weighted by molar-refractivity contribution is 5.70. The summed E-state index contributed by atoms with van der Waals surface area (Å²) in [6.07, 6.45) is -1.07. The fraction of sp³-hybridized carbons (Fsp3) is 0.556. The zero-order chi connectivity index (χ0) is 18.4. The molecule has 1 amide bonds. The van der Waals surface area contributed by atoms with Gasteiger partial charge in [0, 0.05) is 0 Å². The lowest BCUT2D eigenvalue weighted by molar-refractivity contribution is -0.152. The number of carbonyl (C=O) groups is 2. The lowest BCUT2D eigenvalue weighted by Crippen LogP contribution is -2.42. The fourth-order valence-electron chi connectivity index (χ4n) is 3.17. The molecule has 1 aliphatic carbocycles. The minimum absolute atomic E-state index is 0.131. The van der Waals surface area contributed by atoms with Crippen LogP contribution in [0.2, 0.25) is 0 Å². The average molecular weight is 365 g/mol. The topological polar surface area (TPSA) is 92.3 Å². The third kappa shape index (κ3) is 4.72. The Labute approximate surface area is 151 Å². The number of esters is 1. The van der Waals surface area contributed by atoms with E-state index in [0.717, 1.165) is 5.56 Å². The summed E-state index contributed by atoms with van der Waals surface area (Å²) < 4.78 is 26.8. The molecule has 1 aromatic carbocycles. The molecule has 1 saturated heterocycles. The quantitative estimate of drug-likeness (QED) is 0.730. The Kier molecular flexibility index (Phi) is 6.43. The molecule has 3 rings (SSSR count). The smallest absolute Gasteiger partial charge is 0.407 e. The van der Waals surface area contributed by atoms with Gasteiger partial charge in [0.25, 0.3) is 0 Å². The molecule has 0 radical (unpaired) electrons. The summed E-state index contributed by atoms with van der Waals surface area (Å²) in [7, 11) is 0. The minimum Gasteiger partial charge on any atom is -0.464 e. The molecule has 8 heteroatoms. The second-order valence-corrected chi connectivity index (χ2v) is 6.08. The van der Waals surface area contributed by atoms with E-state index in [-0.39, 0.29) is 44.4 Å². The zero-order valence-electron chi connectivity index (χ0n) is 14.6. The van der Waals surface area contributed by atoms with E-state index in [1.165, 1.54) is 0 Å². The molecule has 1 aromatic rings. The zero-order valence-corrected chi connectivity index (χ0v) is 14.6. The van der Waals surface area contributed by atoms with Crippen molar-refractivity contribution in [3.63, 3.8) is 0 Å². The SMILES string of the molecule is CCOC(=O)CO[C@H]1C[C@@H](NC(=O)OCc2ccccc2)[C@@H]2OCO[C@@H]21. The minimum atomic E-state index is -0.529. The van der Waals surface area contributed by atoms with Crippen LogP contribution in [-0.2, 0) is 35.1 Å². The van der Waals surface area contributed by atoms with Gasteiger partial charge in [0.15, 0.2) is 0 Å². The van der Waals surface area contributed by atoms with Crippen LogP contribution in [0, 0.1) is 0 Å². The van der Waals surface area contributed by atoms with Crippen LogP contribution >= 0.6 is 0 Å². The van der Waals surface area contributed by atoms with E-state index < -0.39 is 12.1 Å². The molecule has 142 valence electrons. The van der Waals surface area contributed by atoms with E-state index in [4.69, 9.17) is 23.7 Å². The second-order valence-electron chi connectivity index (χ2n) is 6.08. The van der Waals surface area contributed by atoms with Gasteiger partial charge in [0.1, 0.15) is 32.2 Å². The number of hydrogen-bond acceptors (Lipinski definition) is 7. The van der Waals surface area contributed by atoms with Crippen molar-refractivity contribution in [3.8, 4) is 0 Å². The molecular weight excluding hydrogens is 342 g/mol. The Bertz CT molecular complexity index is 609. The number of ether oxygens (including phenoxy) is 5. The number of rotatable bonds is 7. The molecule has 0 bridgehead atoms. The Hall–Kier alpha value is -2.16. The molecule has 26 heavy (non-hydrogen) atoms. The maximum Gasteiger partial charge on any atom is 0.407 e. The Morgan fingerprint density at radius 2 is 1.92 bits per heavy atom. The Morgan fingerprint density at radius 3 is 2.69 bits per heavy atom. The summed E-state index contributed by atoms with van der Waals surface area (Å²) in [5, 5.41) is 2.80. The van der Waals surface area contributed by atoms with Crippen LogP contribution in [0.25, 0.3) is 0 Å². The number of carbonyl (C=O) groups excluding carboxylic acids is 2. The summed E-state index contributed by atoms with van der Waals surface area (Å²) >= 11 is 0. The maximum absolute atomic E-state index is 12.1. The highest BCUT2D eigenvalue weighted by atomic mass is 16.7. The van der Waals surface area contributed by atoms with E-state index in [1.807, 2.05) is 30.3 Å². The summed E-state index contributed by atoms with van der Waals surface area (Å²) in [6.45, 7) is 2.20. The standard InChI is InChI=1S/C18H23NO7/c1-2-22-15(20)10-23-14-8-13(16-17(14)26-11-25-16)19-18(21)24-9-12-6-4-3-5-7-12/h3-7,13-14,16-17H,2,8-11H2,1H3,(H,19,21)/t13-,14+,16+,17-/m1/s1. The van der Waals surface area contributed by atoms with Crippen molar-refractivity contribution in [3.05, 3.63) is 35.9 Å². The van der Waals surface area contributed by atoms with E-state index in [2.05, 4.69) is 5.32 Å². The molecule has 4 atom stereocenters. The van der Waals surface area contributed by atoms with Gasteiger partial charge in [-0.3, -0.25) is 0 Å². The first-order valence-corrected chi connectivity index (χ1v) is 8.65. The first-order chi connectivity index (χ1) is 12.7. The van der Waals surface area contributed by atoms with Gasteiger partial charge in [0.2, 0.25) is 0 Å². The van der Waals surface area contributed by atoms with Crippen LogP contribution in [0.15, 0.2) is 30.3 Å². The molecule has 0 aromatic heterocycles. The number of nitrogens with one attached hydrogen (secondary N) is 1. The fourth-order valence-corrected chi connectivity index (χ4v) is 3.17. The molecule has 2 fully saturated rings. The Balaban J connectivity index is 1.48. The number of hydrogen-bond donors (Lipinski definition) is 1. The van der Waals surface area contributed by atoms with Crippen LogP contribution < -0.4 is 5.32 Å². The van der Waals surface area contributed by atoms with Crippen molar-refractivity contribution in [2.45, 2.75) is 44.3 Å². The van der Waals surface area contributed by atoms with E-state index in [1.54, 1.807) is 6.92 Å². The van der Waals surface area contributed by atoms with Crippen LogP contribution in [0.1, 0.15) is 18.9 Å². The molecular formula is C18H23NO7. The molecule has 1 heterocycles. The van der Waals surface area contributed by atoms with Gasteiger partial charge in [-0.25, -0.2) is 9.59 Å². The van der Waals surface area contributed by atoms with Crippen molar-refractivity contribution in [1.82, 2.24) is 5.32 Å². The van der Waals surface area contributed by atoms with Gasteiger partial charge in [-0.15, -0.1) is 0 Å². The van der Waals surface area contributed by atoms with Crippen molar-refractivity contribution < 1.29 is 33.3 Å². The summed E-state index contributed by atoms with van der Waals surface area (Å²) in [5.41, 5.74) is 0.906. The highest BCUT2D eigenvalue weighted by Crippen LogP contribution is 2.32. The van der Waals surface area contributed by atoms with Gasteiger partial charge in [-0.1, -0.05) is 30.3 Å². The molecule has 1 N–H and O–H groups in total. The third-order valence-electron chi connectivity index (χ3n) is 4.33. The number of amides is 1. The van der Waals surface area contributed by atoms with E-state index in [0.29, 0.717) is 13.0 Å². The van der Waals surface area contributed by atoms with Crippen molar-refractivity contribution >= 4 is 12.1 Å². The number of fused-ring (bicyclic) bond motifs is 1. The van der Waals surface area contributed by atoms with Crippen molar-refractivity contribution in [1.29, 1.82) is 0 Å². The monoisotopic (exact) mass is 365 g/mol. The van der Waals surface area contributed by atoms with Gasteiger partial charge < -0.3 is 29.0 Å². The summed E-state index contributed by atoms with van der Waals surface area (Å²) in [6, 6.07) is 9.12. The highest BCUT2D eigenvalue weighted by Gasteiger charge is 2.50. The lowest BCUT2D eigenvalue weighted by atomic mass is 10.2. The van der Waals surface area contributed by atoms with Crippen LogP contribution in [-0.4, -0.2) is 56.4 Å². The predicted molar refractivity (Wildman–Crippen MR) is 89.2 cm³/mol. The van der Waals surface area contributed by atoms with E-state index >= 15 is 0 Å². The van der Waals surface area contributed by atoms with Gasteiger partial charge in [-0.2, -0.15) is 0 Å². The van der Waals surface area contributed by atoms with Crippen molar-refractivity contribution in [2.24, 2.45) is 0 Å². The molecule has 0 spiro atoms. The Morgan fingerprint density at radius 1 is 1.15 bits per heavy atom.